The van der Waals surface area contributed by atoms with Crippen LogP contribution in [-0.2, 0) is 6.42 Å². The average Bonchev–Trinajstić information content (AvgIpc) is 2.59. The fourth-order valence-corrected chi connectivity index (χ4v) is 3.01. The van der Waals surface area contributed by atoms with E-state index in [1.54, 1.807) is 6.07 Å². The zero-order valence-electron chi connectivity index (χ0n) is 13.7. The molecule has 0 unspecified atom stereocenters. The summed E-state index contributed by atoms with van der Waals surface area (Å²) in [6.45, 7) is 4.15. The van der Waals surface area contributed by atoms with Crippen LogP contribution in [0.25, 0.3) is 0 Å². The fraction of sp³-hybridized carbons (Fsp3) is 0.150. The summed E-state index contributed by atoms with van der Waals surface area (Å²) in [4.78, 5) is 12.0. The van der Waals surface area contributed by atoms with Crippen molar-refractivity contribution >= 4 is 17.1 Å². The van der Waals surface area contributed by atoms with Gasteiger partial charge in [-0.05, 0) is 42.2 Å². The van der Waals surface area contributed by atoms with E-state index in [1.165, 1.54) is 11.6 Å². The van der Waals surface area contributed by atoms with Gasteiger partial charge in [-0.3, -0.25) is 4.79 Å². The van der Waals surface area contributed by atoms with Crippen molar-refractivity contribution in [3.05, 3.63) is 98.5 Å². The number of H-pyrrole nitrogens is 1. The number of hydrogen-bond donors (Lipinski definition) is 1. The molecule has 0 aliphatic heterocycles. The molecule has 1 heterocycles. The molecule has 0 atom stereocenters. The molecule has 2 aromatic carbocycles. The summed E-state index contributed by atoms with van der Waals surface area (Å²) >= 11 is 5.70. The highest BCUT2D eigenvalue weighted by molar-refractivity contribution is 7.81. The Hall–Kier alpha value is -2.59. The number of hydrogen-bond acceptors (Lipinski definition) is 3. The number of nitrogens with one attached hydrogen (secondary N) is 1. The zero-order valence-corrected chi connectivity index (χ0v) is 14.5. The van der Waals surface area contributed by atoms with E-state index in [9.17, 15) is 4.79 Å². The number of thiocarbonyl (C=S) groups is 1. The highest BCUT2D eigenvalue weighted by atomic mass is 32.1. The molecule has 0 radical (unpaired) electrons. The molecule has 0 fully saturated rings. The number of aromatic nitrogens is 2. The van der Waals surface area contributed by atoms with Gasteiger partial charge in [-0.1, -0.05) is 60.2 Å². The van der Waals surface area contributed by atoms with E-state index in [0.29, 0.717) is 6.42 Å². The van der Waals surface area contributed by atoms with Crippen molar-refractivity contribution in [2.24, 2.45) is 0 Å². The Bertz CT molecular complexity index is 922. The Balaban J connectivity index is 1.93. The van der Waals surface area contributed by atoms with Crippen LogP contribution in [0.1, 0.15) is 33.5 Å². The third kappa shape index (κ3) is 3.49. The molecular weight excluding hydrogens is 316 g/mol. The minimum Gasteiger partial charge on any atom is -0.268 e. The SMILES string of the molecule is Cc1ccc(C(=S)c2cccc(Cc3ccc(=O)[nH]n3)c2C)cc1. The molecule has 3 rings (SSSR count). The lowest BCUT2D eigenvalue weighted by molar-refractivity contribution is 0.907. The van der Waals surface area contributed by atoms with E-state index in [4.69, 9.17) is 12.2 Å². The van der Waals surface area contributed by atoms with Crippen molar-refractivity contribution in [1.29, 1.82) is 0 Å². The minimum atomic E-state index is -0.190. The van der Waals surface area contributed by atoms with E-state index < -0.39 is 0 Å². The van der Waals surface area contributed by atoms with Crippen molar-refractivity contribution in [2.75, 3.05) is 0 Å². The van der Waals surface area contributed by atoms with Crippen LogP contribution in [0.15, 0.2) is 59.4 Å². The second-order valence-electron chi connectivity index (χ2n) is 5.87. The quantitative estimate of drug-likeness (QED) is 0.584. The number of rotatable bonds is 4. The van der Waals surface area contributed by atoms with Gasteiger partial charge < -0.3 is 0 Å². The van der Waals surface area contributed by atoms with Crippen LogP contribution in [0.5, 0.6) is 0 Å². The van der Waals surface area contributed by atoms with Crippen LogP contribution >= 0.6 is 12.2 Å². The Morgan fingerprint density at radius 2 is 1.79 bits per heavy atom. The molecule has 120 valence electrons. The van der Waals surface area contributed by atoms with Gasteiger partial charge in [0.05, 0.1) is 10.6 Å². The van der Waals surface area contributed by atoms with Crippen LogP contribution in [0, 0.1) is 13.8 Å². The monoisotopic (exact) mass is 334 g/mol. The predicted octanol–water partition coefficient (Wildman–Crippen LogP) is 3.74. The van der Waals surface area contributed by atoms with Crippen molar-refractivity contribution in [3.8, 4) is 0 Å². The summed E-state index contributed by atoms with van der Waals surface area (Å²) in [5.74, 6) is 0. The maximum absolute atomic E-state index is 11.1. The summed E-state index contributed by atoms with van der Waals surface area (Å²) in [7, 11) is 0. The summed E-state index contributed by atoms with van der Waals surface area (Å²) in [5.41, 5.74) is 6.28. The van der Waals surface area contributed by atoms with Crippen LogP contribution in [0.3, 0.4) is 0 Å². The van der Waals surface area contributed by atoms with Crippen LogP contribution in [0.2, 0.25) is 0 Å². The second kappa shape index (κ2) is 6.89. The van der Waals surface area contributed by atoms with Crippen LogP contribution in [-0.4, -0.2) is 15.1 Å². The lowest BCUT2D eigenvalue weighted by Crippen LogP contribution is -2.09. The molecule has 0 bridgehead atoms. The third-order valence-corrected chi connectivity index (χ3v) is 4.57. The molecule has 1 aromatic heterocycles. The standard InChI is InChI=1S/C20H18N2OS/c1-13-6-8-15(9-7-13)20(24)18-5-3-4-16(14(18)2)12-17-10-11-19(23)22-21-17/h3-11H,12H2,1-2H3,(H,22,23). The van der Waals surface area contributed by atoms with Gasteiger partial charge in [0.2, 0.25) is 0 Å². The smallest absolute Gasteiger partial charge is 0.264 e. The molecule has 24 heavy (non-hydrogen) atoms. The van der Waals surface area contributed by atoms with Gasteiger partial charge in [0.15, 0.2) is 0 Å². The molecular formula is C20H18N2OS. The summed E-state index contributed by atoms with van der Waals surface area (Å²) in [5, 5.41) is 6.56. The Morgan fingerprint density at radius 3 is 2.46 bits per heavy atom. The van der Waals surface area contributed by atoms with Gasteiger partial charge in [-0.15, -0.1) is 0 Å². The molecule has 0 aliphatic carbocycles. The van der Waals surface area contributed by atoms with Crippen molar-refractivity contribution in [1.82, 2.24) is 10.2 Å². The highest BCUT2D eigenvalue weighted by Gasteiger charge is 2.11. The average molecular weight is 334 g/mol. The van der Waals surface area contributed by atoms with E-state index in [1.807, 2.05) is 6.07 Å². The van der Waals surface area contributed by atoms with Crippen molar-refractivity contribution in [2.45, 2.75) is 20.3 Å². The number of aromatic amines is 1. The van der Waals surface area contributed by atoms with Crippen LogP contribution < -0.4 is 5.56 Å². The fourth-order valence-electron chi connectivity index (χ4n) is 2.65. The first-order valence-electron chi connectivity index (χ1n) is 7.79. The molecule has 4 heteroatoms. The van der Waals surface area contributed by atoms with E-state index >= 15 is 0 Å². The number of benzene rings is 2. The number of nitrogens with zero attached hydrogens (tertiary/aromatic N) is 1. The van der Waals surface area contributed by atoms with E-state index in [-0.39, 0.29) is 5.56 Å². The molecule has 0 saturated heterocycles. The normalized spacial score (nSPS) is 10.6. The predicted molar refractivity (Wildman–Crippen MR) is 101 cm³/mol. The highest BCUT2D eigenvalue weighted by Crippen LogP contribution is 2.21. The molecule has 0 saturated carbocycles. The maximum atomic E-state index is 11.1. The largest absolute Gasteiger partial charge is 0.268 e. The van der Waals surface area contributed by atoms with Gasteiger partial charge in [0.1, 0.15) is 0 Å². The molecule has 0 aliphatic rings. The molecule has 3 aromatic rings. The third-order valence-electron chi connectivity index (χ3n) is 4.11. The van der Waals surface area contributed by atoms with Crippen molar-refractivity contribution < 1.29 is 0 Å². The topological polar surface area (TPSA) is 45.8 Å². The molecule has 0 amide bonds. The summed E-state index contributed by atoms with van der Waals surface area (Å²) in [6, 6.07) is 17.7. The zero-order chi connectivity index (χ0) is 17.1. The van der Waals surface area contributed by atoms with Gasteiger partial charge in [-0.25, -0.2) is 5.10 Å². The van der Waals surface area contributed by atoms with Gasteiger partial charge in [0, 0.05) is 12.5 Å². The Labute approximate surface area is 146 Å². The molecule has 3 nitrogen and oxygen atoms in total. The minimum absolute atomic E-state index is 0.190. The van der Waals surface area contributed by atoms with Gasteiger partial charge >= 0.3 is 0 Å². The van der Waals surface area contributed by atoms with E-state index in [2.05, 4.69) is 60.4 Å². The second-order valence-corrected chi connectivity index (χ2v) is 6.28. The number of aryl methyl sites for hydroxylation is 1. The maximum Gasteiger partial charge on any atom is 0.264 e. The molecule has 0 spiro atoms. The summed E-state index contributed by atoms with van der Waals surface area (Å²) < 4.78 is 0. The first-order valence-corrected chi connectivity index (χ1v) is 8.20. The van der Waals surface area contributed by atoms with Crippen molar-refractivity contribution in [3.63, 3.8) is 0 Å². The van der Waals surface area contributed by atoms with Gasteiger partial charge in [0.25, 0.3) is 5.56 Å². The summed E-state index contributed by atoms with van der Waals surface area (Å²) in [6.07, 6.45) is 0.660. The lowest BCUT2D eigenvalue weighted by atomic mass is 9.94. The van der Waals surface area contributed by atoms with Gasteiger partial charge in [-0.2, -0.15) is 5.10 Å². The molecule has 1 N–H and O–H groups in total. The first-order chi connectivity index (χ1) is 11.5. The van der Waals surface area contributed by atoms with E-state index in [0.717, 1.165) is 32.8 Å². The Morgan fingerprint density at radius 1 is 1.04 bits per heavy atom. The lowest BCUT2D eigenvalue weighted by Gasteiger charge is -2.12. The Kier molecular flexibility index (Phi) is 4.67. The first kappa shape index (κ1) is 16.3. The van der Waals surface area contributed by atoms with Crippen LogP contribution in [0.4, 0.5) is 0 Å².